The number of hydrogen-bond acceptors (Lipinski definition) is 4. The summed E-state index contributed by atoms with van der Waals surface area (Å²) in [5.41, 5.74) is 1.35. The van der Waals surface area contributed by atoms with Crippen LogP contribution in [-0.2, 0) is 19.7 Å². The Balaban J connectivity index is 2.84. The van der Waals surface area contributed by atoms with Crippen molar-refractivity contribution in [2.75, 3.05) is 7.11 Å². The van der Waals surface area contributed by atoms with Gasteiger partial charge in [0.05, 0.1) is 7.11 Å². The summed E-state index contributed by atoms with van der Waals surface area (Å²) in [6, 6.07) is 6.85. The number of methoxy groups -OCH3 is 1. The van der Waals surface area contributed by atoms with Crippen LogP contribution >= 0.6 is 0 Å². The van der Waals surface area contributed by atoms with Gasteiger partial charge >= 0.3 is 5.97 Å². The minimum absolute atomic E-state index is 0.0163. The Hall–Kier alpha value is -1.97. The molecule has 1 aromatic carbocycles. The van der Waals surface area contributed by atoms with Crippen molar-refractivity contribution < 1.29 is 19.1 Å². The molecule has 4 heteroatoms. The van der Waals surface area contributed by atoms with Crippen molar-refractivity contribution in [3.8, 4) is 0 Å². The Morgan fingerprint density at radius 2 is 1.58 bits per heavy atom. The molecule has 0 atom stereocenters. The van der Waals surface area contributed by atoms with E-state index in [4.69, 9.17) is 0 Å². The molecule has 0 N–H and O–H groups in total. The van der Waals surface area contributed by atoms with Crippen molar-refractivity contribution in [2.24, 2.45) is 0 Å². The molecule has 0 amide bonds. The van der Waals surface area contributed by atoms with Crippen molar-refractivity contribution in [2.45, 2.75) is 32.6 Å². The molecule has 0 saturated heterocycles. The first-order valence-electron chi connectivity index (χ1n) is 6.00. The lowest BCUT2D eigenvalue weighted by Crippen LogP contribution is -2.19. The van der Waals surface area contributed by atoms with Crippen LogP contribution in [0, 0.1) is 0 Å². The molecule has 4 nitrogen and oxygen atoms in total. The van der Waals surface area contributed by atoms with Gasteiger partial charge in [-0.05, 0) is 11.0 Å². The number of ether oxygens (including phenoxy) is 1. The predicted octanol–water partition coefficient (Wildman–Crippen LogP) is 2.30. The first-order valence-corrected chi connectivity index (χ1v) is 6.00. The molecule has 0 heterocycles. The summed E-state index contributed by atoms with van der Waals surface area (Å²) in [4.78, 5) is 34.3. The van der Waals surface area contributed by atoms with Crippen LogP contribution in [0.4, 0.5) is 0 Å². The zero-order chi connectivity index (χ0) is 14.6. The highest BCUT2D eigenvalue weighted by atomic mass is 16.5. The highest BCUT2D eigenvalue weighted by molar-refractivity contribution is 6.45. The van der Waals surface area contributed by atoms with Crippen LogP contribution in [-0.4, -0.2) is 24.6 Å². The van der Waals surface area contributed by atoms with Crippen LogP contribution in [0.1, 0.15) is 43.1 Å². The highest BCUT2D eigenvalue weighted by Crippen LogP contribution is 2.22. The fraction of sp³-hybridized carbons (Fsp3) is 0.400. The molecular formula is C15H18O4. The third-order valence-electron chi connectivity index (χ3n) is 2.80. The van der Waals surface area contributed by atoms with E-state index in [2.05, 4.69) is 25.5 Å². The van der Waals surface area contributed by atoms with Gasteiger partial charge in [-0.2, -0.15) is 0 Å². The number of carbonyl (C=O) groups excluding carboxylic acids is 3. The Kier molecular flexibility index (Phi) is 4.59. The zero-order valence-corrected chi connectivity index (χ0v) is 11.6. The zero-order valence-electron chi connectivity index (χ0n) is 11.6. The van der Waals surface area contributed by atoms with E-state index < -0.39 is 24.0 Å². The van der Waals surface area contributed by atoms with Crippen LogP contribution in [0.15, 0.2) is 24.3 Å². The van der Waals surface area contributed by atoms with Crippen LogP contribution in [0.5, 0.6) is 0 Å². The second-order valence-corrected chi connectivity index (χ2v) is 5.33. The van der Waals surface area contributed by atoms with E-state index in [1.54, 1.807) is 12.1 Å². The molecule has 19 heavy (non-hydrogen) atoms. The third-order valence-corrected chi connectivity index (χ3v) is 2.80. The Morgan fingerprint density at radius 3 is 2.00 bits per heavy atom. The van der Waals surface area contributed by atoms with Gasteiger partial charge in [-0.1, -0.05) is 45.0 Å². The molecule has 0 aliphatic heterocycles. The number of benzene rings is 1. The first-order chi connectivity index (χ1) is 8.75. The largest absolute Gasteiger partial charge is 0.469 e. The summed E-state index contributed by atoms with van der Waals surface area (Å²) in [7, 11) is 1.18. The van der Waals surface area contributed by atoms with E-state index >= 15 is 0 Å². The summed E-state index contributed by atoms with van der Waals surface area (Å²) >= 11 is 0. The van der Waals surface area contributed by atoms with E-state index in [1.165, 1.54) is 7.11 Å². The van der Waals surface area contributed by atoms with E-state index in [-0.39, 0.29) is 5.41 Å². The van der Waals surface area contributed by atoms with E-state index in [9.17, 15) is 14.4 Å². The molecule has 1 aromatic rings. The topological polar surface area (TPSA) is 60.4 Å². The van der Waals surface area contributed by atoms with Gasteiger partial charge in [0, 0.05) is 5.56 Å². The van der Waals surface area contributed by atoms with Gasteiger partial charge in [-0.15, -0.1) is 0 Å². The van der Waals surface area contributed by atoms with E-state index in [0.717, 1.165) is 5.56 Å². The Labute approximate surface area is 112 Å². The number of ketones is 2. The Bertz CT molecular complexity index is 492. The van der Waals surface area contributed by atoms with Crippen molar-refractivity contribution in [1.29, 1.82) is 0 Å². The lowest BCUT2D eigenvalue weighted by atomic mass is 9.86. The lowest BCUT2D eigenvalue weighted by Gasteiger charge is -2.18. The van der Waals surface area contributed by atoms with Crippen molar-refractivity contribution in [1.82, 2.24) is 0 Å². The number of rotatable bonds is 4. The highest BCUT2D eigenvalue weighted by Gasteiger charge is 2.20. The van der Waals surface area contributed by atoms with Gasteiger partial charge in [0.25, 0.3) is 0 Å². The fourth-order valence-corrected chi connectivity index (χ4v) is 1.57. The molecule has 0 radical (unpaired) electrons. The molecule has 102 valence electrons. The molecule has 0 unspecified atom stereocenters. The molecule has 0 aliphatic rings. The smallest absolute Gasteiger partial charge is 0.313 e. The van der Waals surface area contributed by atoms with Gasteiger partial charge in [0.15, 0.2) is 0 Å². The molecule has 0 aliphatic carbocycles. The van der Waals surface area contributed by atoms with Gasteiger partial charge < -0.3 is 4.74 Å². The average Bonchev–Trinajstić information content (AvgIpc) is 2.36. The minimum Gasteiger partial charge on any atom is -0.469 e. The lowest BCUT2D eigenvalue weighted by molar-refractivity contribution is -0.142. The van der Waals surface area contributed by atoms with E-state index in [1.807, 2.05) is 12.1 Å². The normalized spacial score (nSPS) is 10.9. The number of carbonyl (C=O) groups is 3. The van der Waals surface area contributed by atoms with Crippen molar-refractivity contribution in [3.05, 3.63) is 35.4 Å². The molecule has 1 rings (SSSR count). The molecule has 0 bridgehead atoms. The average molecular weight is 262 g/mol. The first kappa shape index (κ1) is 15.1. The molecule has 0 fully saturated rings. The monoisotopic (exact) mass is 262 g/mol. The van der Waals surface area contributed by atoms with Gasteiger partial charge in [-0.25, -0.2) is 0 Å². The molecule has 0 aromatic heterocycles. The standard InChI is InChI=1S/C15H18O4/c1-15(2,3)11-7-5-10(6-8-11)14(18)12(16)9-13(17)19-4/h5-8H,9H2,1-4H3. The van der Waals surface area contributed by atoms with E-state index in [0.29, 0.717) is 5.56 Å². The van der Waals surface area contributed by atoms with Crippen LogP contribution < -0.4 is 0 Å². The number of hydrogen-bond donors (Lipinski definition) is 0. The number of esters is 1. The minimum atomic E-state index is -0.754. The van der Waals surface area contributed by atoms with Gasteiger partial charge in [0.2, 0.25) is 11.6 Å². The second kappa shape index (κ2) is 5.78. The second-order valence-electron chi connectivity index (χ2n) is 5.33. The SMILES string of the molecule is COC(=O)CC(=O)C(=O)c1ccc(C(C)(C)C)cc1. The number of Topliss-reactive ketones (excluding diaryl/α,β-unsaturated/α-hetero) is 2. The van der Waals surface area contributed by atoms with Crippen LogP contribution in [0.25, 0.3) is 0 Å². The summed E-state index contributed by atoms with van der Waals surface area (Å²) in [6.45, 7) is 6.19. The maximum absolute atomic E-state index is 11.8. The van der Waals surface area contributed by atoms with Gasteiger partial charge in [-0.3, -0.25) is 14.4 Å². The third kappa shape index (κ3) is 4.02. The maximum Gasteiger partial charge on any atom is 0.313 e. The van der Waals surface area contributed by atoms with Crippen LogP contribution in [0.2, 0.25) is 0 Å². The molecule has 0 spiro atoms. The quantitative estimate of drug-likeness (QED) is 0.361. The molecular weight excluding hydrogens is 244 g/mol. The summed E-state index contributed by atoms with van der Waals surface area (Å²) in [5.74, 6) is -2.12. The summed E-state index contributed by atoms with van der Waals surface area (Å²) < 4.78 is 4.36. The Morgan fingerprint density at radius 1 is 1.05 bits per heavy atom. The summed E-state index contributed by atoms with van der Waals surface area (Å²) in [5, 5.41) is 0. The molecule has 0 saturated carbocycles. The van der Waals surface area contributed by atoms with Gasteiger partial charge in [0.1, 0.15) is 6.42 Å². The summed E-state index contributed by atoms with van der Waals surface area (Å²) in [6.07, 6.45) is -0.518. The van der Waals surface area contributed by atoms with Crippen molar-refractivity contribution in [3.63, 3.8) is 0 Å². The predicted molar refractivity (Wildman–Crippen MR) is 71.1 cm³/mol. The van der Waals surface area contributed by atoms with Crippen LogP contribution in [0.3, 0.4) is 0 Å². The fourth-order valence-electron chi connectivity index (χ4n) is 1.57. The van der Waals surface area contributed by atoms with Crippen molar-refractivity contribution >= 4 is 17.5 Å². The maximum atomic E-state index is 11.8.